The van der Waals surface area contributed by atoms with E-state index < -0.39 is 16.0 Å². The molecule has 7 heteroatoms. The highest BCUT2D eigenvalue weighted by Gasteiger charge is 2.19. The number of carboxylic acid groups (broad SMARTS) is 1. The van der Waals surface area contributed by atoms with Gasteiger partial charge in [-0.3, -0.25) is 4.79 Å². The molecule has 0 rings (SSSR count). The zero-order valence-electron chi connectivity index (χ0n) is 9.82. The van der Waals surface area contributed by atoms with Gasteiger partial charge in [-0.2, -0.15) is 11.8 Å². The molecule has 0 saturated heterocycles. The van der Waals surface area contributed by atoms with Gasteiger partial charge >= 0.3 is 5.97 Å². The molecule has 0 fully saturated rings. The lowest BCUT2D eigenvalue weighted by Crippen LogP contribution is -2.37. The first-order chi connectivity index (χ1) is 7.18. The van der Waals surface area contributed by atoms with E-state index in [1.165, 1.54) is 0 Å². The van der Waals surface area contributed by atoms with Crippen LogP contribution in [0.4, 0.5) is 0 Å². The molecule has 0 saturated carbocycles. The van der Waals surface area contributed by atoms with Crippen LogP contribution in [0.15, 0.2) is 0 Å². The summed E-state index contributed by atoms with van der Waals surface area (Å²) >= 11 is 1.58. The summed E-state index contributed by atoms with van der Waals surface area (Å²) in [5, 5.41) is 8.39. The third-order valence-electron chi connectivity index (χ3n) is 2.07. The van der Waals surface area contributed by atoms with Gasteiger partial charge in [-0.25, -0.2) is 13.1 Å². The molecular formula is C9H19NO4S2. The van der Waals surface area contributed by atoms with Gasteiger partial charge in [0, 0.05) is 17.7 Å². The van der Waals surface area contributed by atoms with E-state index in [9.17, 15) is 13.2 Å². The summed E-state index contributed by atoms with van der Waals surface area (Å²) in [7, 11) is -3.35. The zero-order chi connectivity index (χ0) is 12.8. The maximum atomic E-state index is 11.5. The number of carbonyl (C=O) groups is 1. The number of aliphatic carboxylic acids is 1. The van der Waals surface area contributed by atoms with Crippen LogP contribution < -0.4 is 4.72 Å². The van der Waals surface area contributed by atoms with Crippen molar-refractivity contribution in [2.75, 3.05) is 18.6 Å². The highest BCUT2D eigenvalue weighted by Crippen LogP contribution is 2.19. The molecule has 2 N–H and O–H groups in total. The first-order valence-corrected chi connectivity index (χ1v) is 7.80. The van der Waals surface area contributed by atoms with Crippen LogP contribution in [-0.4, -0.2) is 42.8 Å². The van der Waals surface area contributed by atoms with Gasteiger partial charge in [0.25, 0.3) is 0 Å². The minimum atomic E-state index is -3.35. The van der Waals surface area contributed by atoms with Crippen molar-refractivity contribution < 1.29 is 18.3 Å². The van der Waals surface area contributed by atoms with Crippen LogP contribution in [0.3, 0.4) is 0 Å². The fourth-order valence-corrected chi connectivity index (χ4v) is 2.40. The van der Waals surface area contributed by atoms with Crippen LogP contribution in [0.25, 0.3) is 0 Å². The molecule has 0 spiro atoms. The van der Waals surface area contributed by atoms with Crippen LogP contribution in [0, 0.1) is 0 Å². The Bertz CT molecular complexity index is 324. The van der Waals surface area contributed by atoms with Gasteiger partial charge in [0.05, 0.1) is 5.75 Å². The largest absolute Gasteiger partial charge is 0.481 e. The number of sulfonamides is 1. The van der Waals surface area contributed by atoms with Crippen LogP contribution in [0.5, 0.6) is 0 Å². The number of thioether (sulfide) groups is 1. The third-order valence-corrected chi connectivity index (χ3v) is 4.73. The van der Waals surface area contributed by atoms with Gasteiger partial charge < -0.3 is 5.11 Å². The lowest BCUT2D eigenvalue weighted by molar-refractivity contribution is -0.137. The number of carboxylic acids is 1. The molecule has 0 aromatic rings. The summed E-state index contributed by atoms with van der Waals surface area (Å²) in [5.74, 6) is -1.11. The van der Waals surface area contributed by atoms with Crippen LogP contribution in [-0.2, 0) is 14.8 Å². The van der Waals surface area contributed by atoms with Gasteiger partial charge in [0.2, 0.25) is 10.0 Å². The van der Waals surface area contributed by atoms with Crippen LogP contribution in [0.1, 0.15) is 26.7 Å². The second-order valence-corrected chi connectivity index (χ2v) is 7.54. The first kappa shape index (κ1) is 15.7. The molecule has 0 aliphatic heterocycles. The Hall–Kier alpha value is -0.270. The molecule has 16 heavy (non-hydrogen) atoms. The van der Waals surface area contributed by atoms with Crippen molar-refractivity contribution >= 4 is 27.8 Å². The fraction of sp³-hybridized carbons (Fsp3) is 0.889. The van der Waals surface area contributed by atoms with Gasteiger partial charge in [-0.15, -0.1) is 0 Å². The highest BCUT2D eigenvalue weighted by molar-refractivity contribution is 8.00. The Morgan fingerprint density at radius 3 is 2.44 bits per heavy atom. The molecule has 0 bridgehead atoms. The number of hydrogen-bond acceptors (Lipinski definition) is 4. The molecule has 96 valence electrons. The molecule has 0 amide bonds. The van der Waals surface area contributed by atoms with Crippen molar-refractivity contribution in [2.24, 2.45) is 0 Å². The van der Waals surface area contributed by atoms with E-state index in [2.05, 4.69) is 4.72 Å². The third kappa shape index (κ3) is 7.95. The molecule has 0 aromatic heterocycles. The Balaban J connectivity index is 4.02. The van der Waals surface area contributed by atoms with Crippen molar-refractivity contribution in [1.29, 1.82) is 0 Å². The summed E-state index contributed by atoms with van der Waals surface area (Å²) < 4.78 is 25.3. The van der Waals surface area contributed by atoms with Crippen LogP contribution in [0.2, 0.25) is 0 Å². The smallest absolute Gasteiger partial charge is 0.303 e. The second-order valence-electron chi connectivity index (χ2n) is 4.10. The quantitative estimate of drug-likeness (QED) is 0.684. The Morgan fingerprint density at radius 1 is 1.44 bits per heavy atom. The lowest BCUT2D eigenvalue weighted by atomic mass is 10.2. The SMILES string of the molecule is CSC(C)(C)CNS(=O)(=O)CCCC(=O)O. The molecule has 0 atom stereocenters. The van der Waals surface area contributed by atoms with Gasteiger partial charge in [0.15, 0.2) is 0 Å². The lowest BCUT2D eigenvalue weighted by Gasteiger charge is -2.22. The highest BCUT2D eigenvalue weighted by atomic mass is 32.2. The van der Waals surface area contributed by atoms with E-state index in [0.29, 0.717) is 6.54 Å². The van der Waals surface area contributed by atoms with Crippen molar-refractivity contribution in [1.82, 2.24) is 4.72 Å². The summed E-state index contributed by atoms with van der Waals surface area (Å²) in [6.45, 7) is 4.23. The standard InChI is InChI=1S/C9H19NO4S2/c1-9(2,15-3)7-10-16(13,14)6-4-5-8(11)12/h10H,4-7H2,1-3H3,(H,11,12). The van der Waals surface area contributed by atoms with Gasteiger partial charge in [-0.1, -0.05) is 0 Å². The topological polar surface area (TPSA) is 83.5 Å². The summed E-state index contributed by atoms with van der Waals surface area (Å²) in [4.78, 5) is 10.2. The average molecular weight is 269 g/mol. The van der Waals surface area contributed by atoms with Crippen molar-refractivity contribution in [3.05, 3.63) is 0 Å². The molecule has 0 aromatic carbocycles. The summed E-state index contributed by atoms with van der Waals surface area (Å²) in [6, 6.07) is 0. The number of rotatable bonds is 8. The summed E-state index contributed by atoms with van der Waals surface area (Å²) in [6.07, 6.45) is 1.94. The maximum Gasteiger partial charge on any atom is 0.303 e. The Labute approximate surface area is 101 Å². The van der Waals surface area contributed by atoms with E-state index in [0.717, 1.165) is 0 Å². The normalized spacial score (nSPS) is 12.7. The van der Waals surface area contributed by atoms with E-state index in [1.807, 2.05) is 20.1 Å². The molecule has 0 unspecified atom stereocenters. The average Bonchev–Trinajstić information content (AvgIpc) is 2.14. The maximum absolute atomic E-state index is 11.5. The number of hydrogen-bond donors (Lipinski definition) is 2. The Kier molecular flexibility index (Phi) is 6.35. The molecule has 0 heterocycles. The molecular weight excluding hydrogens is 250 g/mol. The zero-order valence-corrected chi connectivity index (χ0v) is 11.4. The van der Waals surface area contributed by atoms with Gasteiger partial charge in [-0.05, 0) is 26.5 Å². The number of nitrogens with one attached hydrogen (secondary N) is 1. The minimum absolute atomic E-state index is 0.118. The second kappa shape index (κ2) is 6.46. The fourth-order valence-electron chi connectivity index (χ4n) is 0.842. The van der Waals surface area contributed by atoms with E-state index in [-0.39, 0.29) is 23.3 Å². The molecule has 0 aliphatic carbocycles. The Morgan fingerprint density at radius 2 is 2.00 bits per heavy atom. The molecule has 0 radical (unpaired) electrons. The minimum Gasteiger partial charge on any atom is -0.481 e. The van der Waals surface area contributed by atoms with E-state index in [4.69, 9.17) is 5.11 Å². The van der Waals surface area contributed by atoms with Crippen molar-refractivity contribution in [3.63, 3.8) is 0 Å². The molecule has 5 nitrogen and oxygen atoms in total. The van der Waals surface area contributed by atoms with Crippen molar-refractivity contribution in [2.45, 2.75) is 31.4 Å². The van der Waals surface area contributed by atoms with E-state index in [1.54, 1.807) is 11.8 Å². The predicted octanol–water partition coefficient (Wildman–Crippen LogP) is 0.912. The first-order valence-electron chi connectivity index (χ1n) is 4.93. The van der Waals surface area contributed by atoms with Gasteiger partial charge in [0.1, 0.15) is 0 Å². The van der Waals surface area contributed by atoms with Crippen LogP contribution >= 0.6 is 11.8 Å². The molecule has 0 aliphatic rings. The van der Waals surface area contributed by atoms with Crippen molar-refractivity contribution in [3.8, 4) is 0 Å². The predicted molar refractivity (Wildman–Crippen MR) is 66.3 cm³/mol. The monoisotopic (exact) mass is 269 g/mol. The summed E-state index contributed by atoms with van der Waals surface area (Å²) in [5.41, 5.74) is 0. The van der Waals surface area contributed by atoms with E-state index >= 15 is 0 Å².